The third kappa shape index (κ3) is 5.30. The van der Waals surface area contributed by atoms with Gasteiger partial charge in [-0.15, -0.1) is 0 Å². The van der Waals surface area contributed by atoms with Crippen LogP contribution >= 0.6 is 0 Å². The zero-order chi connectivity index (χ0) is 16.8. The first-order chi connectivity index (χ1) is 11.0. The van der Waals surface area contributed by atoms with Gasteiger partial charge in [0.1, 0.15) is 11.6 Å². The summed E-state index contributed by atoms with van der Waals surface area (Å²) in [4.78, 5) is 24.6. The average Bonchev–Trinajstić information content (AvgIpc) is 2.53. The number of hydrogen-bond acceptors (Lipinski definition) is 2. The number of carbonyl (C=O) groups is 2. The first-order valence-electron chi connectivity index (χ1n) is 7.89. The lowest BCUT2D eigenvalue weighted by Crippen LogP contribution is -2.40. The van der Waals surface area contributed by atoms with E-state index in [0.717, 1.165) is 31.0 Å². The SMILES string of the molecule is O=C(O)CCC1CCCN(C(=O)CCc2cc(F)ccc2F)C1. The maximum absolute atomic E-state index is 13.6. The Kier molecular flexibility index (Phi) is 6.07. The van der Waals surface area contributed by atoms with Crippen LogP contribution in [0, 0.1) is 17.6 Å². The topological polar surface area (TPSA) is 57.6 Å². The van der Waals surface area contributed by atoms with Gasteiger partial charge in [-0.05, 0) is 55.4 Å². The Balaban J connectivity index is 1.85. The molecule has 23 heavy (non-hydrogen) atoms. The molecule has 1 aliphatic rings. The summed E-state index contributed by atoms with van der Waals surface area (Å²) in [5, 5.41) is 8.73. The molecule has 0 spiro atoms. The number of amides is 1. The predicted octanol–water partition coefficient (Wildman–Crippen LogP) is 3.00. The number of carboxylic acid groups (broad SMARTS) is 1. The zero-order valence-electron chi connectivity index (χ0n) is 12.9. The Morgan fingerprint density at radius 1 is 1.26 bits per heavy atom. The normalized spacial score (nSPS) is 18.0. The van der Waals surface area contributed by atoms with E-state index < -0.39 is 17.6 Å². The highest BCUT2D eigenvalue weighted by molar-refractivity contribution is 5.76. The van der Waals surface area contributed by atoms with Crippen LogP contribution in [-0.2, 0) is 16.0 Å². The minimum absolute atomic E-state index is 0.0892. The highest BCUT2D eigenvalue weighted by Crippen LogP contribution is 2.22. The lowest BCUT2D eigenvalue weighted by atomic mass is 9.93. The van der Waals surface area contributed by atoms with Gasteiger partial charge in [0.05, 0.1) is 0 Å². The first-order valence-corrected chi connectivity index (χ1v) is 7.89. The number of nitrogens with zero attached hydrogens (tertiary/aromatic N) is 1. The molecule has 1 aliphatic heterocycles. The molecule has 0 radical (unpaired) electrons. The minimum Gasteiger partial charge on any atom is -0.481 e. The number of likely N-dealkylation sites (tertiary alicyclic amines) is 1. The van der Waals surface area contributed by atoms with Crippen molar-refractivity contribution in [2.45, 2.75) is 38.5 Å². The predicted molar refractivity (Wildman–Crippen MR) is 80.9 cm³/mol. The van der Waals surface area contributed by atoms with Crippen LogP contribution in [0.3, 0.4) is 0 Å². The Hall–Kier alpha value is -1.98. The van der Waals surface area contributed by atoms with Gasteiger partial charge >= 0.3 is 5.97 Å². The molecule has 2 rings (SSSR count). The maximum Gasteiger partial charge on any atom is 0.303 e. The van der Waals surface area contributed by atoms with Gasteiger partial charge in [-0.3, -0.25) is 9.59 Å². The van der Waals surface area contributed by atoms with Crippen molar-refractivity contribution in [3.63, 3.8) is 0 Å². The van der Waals surface area contributed by atoms with Gasteiger partial charge in [0.15, 0.2) is 0 Å². The van der Waals surface area contributed by atoms with Gasteiger partial charge in [0.2, 0.25) is 5.91 Å². The number of benzene rings is 1. The zero-order valence-corrected chi connectivity index (χ0v) is 12.9. The van der Waals surface area contributed by atoms with Crippen molar-refractivity contribution >= 4 is 11.9 Å². The van der Waals surface area contributed by atoms with Crippen molar-refractivity contribution in [1.82, 2.24) is 4.90 Å². The lowest BCUT2D eigenvalue weighted by molar-refractivity contribution is -0.137. The second-order valence-electron chi connectivity index (χ2n) is 6.02. The quantitative estimate of drug-likeness (QED) is 0.875. The lowest BCUT2D eigenvalue weighted by Gasteiger charge is -2.32. The second kappa shape index (κ2) is 8.04. The van der Waals surface area contributed by atoms with E-state index in [1.807, 2.05) is 0 Å². The third-order valence-electron chi connectivity index (χ3n) is 4.25. The number of halogens is 2. The van der Waals surface area contributed by atoms with Crippen LogP contribution in [0.15, 0.2) is 18.2 Å². The van der Waals surface area contributed by atoms with Crippen molar-refractivity contribution < 1.29 is 23.5 Å². The number of piperidine rings is 1. The van der Waals surface area contributed by atoms with Gasteiger partial charge < -0.3 is 10.0 Å². The molecule has 0 bridgehead atoms. The Morgan fingerprint density at radius 3 is 2.78 bits per heavy atom. The molecule has 1 aromatic carbocycles. The number of aliphatic carboxylic acids is 1. The number of hydrogen-bond donors (Lipinski definition) is 1. The van der Waals surface area contributed by atoms with Crippen molar-refractivity contribution in [1.29, 1.82) is 0 Å². The van der Waals surface area contributed by atoms with E-state index in [1.165, 1.54) is 0 Å². The molecule has 1 saturated heterocycles. The molecule has 1 fully saturated rings. The molecule has 6 heteroatoms. The molecular formula is C17H21F2NO3. The summed E-state index contributed by atoms with van der Waals surface area (Å²) in [7, 11) is 0. The number of rotatable bonds is 6. The molecule has 1 N–H and O–H groups in total. The third-order valence-corrected chi connectivity index (χ3v) is 4.25. The van der Waals surface area contributed by atoms with Crippen molar-refractivity contribution in [3.05, 3.63) is 35.4 Å². The van der Waals surface area contributed by atoms with E-state index >= 15 is 0 Å². The first kappa shape index (κ1) is 17.4. The molecule has 1 atom stereocenters. The van der Waals surface area contributed by atoms with Crippen molar-refractivity contribution in [3.8, 4) is 0 Å². The molecule has 126 valence electrons. The molecular weight excluding hydrogens is 304 g/mol. The fourth-order valence-electron chi connectivity index (χ4n) is 2.99. The fraction of sp³-hybridized carbons (Fsp3) is 0.529. The molecule has 1 amide bonds. The molecule has 0 aliphatic carbocycles. The van der Waals surface area contributed by atoms with Crippen molar-refractivity contribution in [2.75, 3.05) is 13.1 Å². The van der Waals surface area contributed by atoms with E-state index in [2.05, 4.69) is 0 Å². The number of carbonyl (C=O) groups excluding carboxylic acids is 1. The highest BCUT2D eigenvalue weighted by atomic mass is 19.1. The molecule has 1 unspecified atom stereocenters. The van der Waals surface area contributed by atoms with E-state index in [-0.39, 0.29) is 36.7 Å². The Bertz CT molecular complexity index is 577. The highest BCUT2D eigenvalue weighted by Gasteiger charge is 2.24. The van der Waals surface area contributed by atoms with E-state index in [0.29, 0.717) is 19.5 Å². The molecule has 4 nitrogen and oxygen atoms in total. The Labute approximate surface area is 134 Å². The Morgan fingerprint density at radius 2 is 2.04 bits per heavy atom. The van der Waals surface area contributed by atoms with E-state index in [4.69, 9.17) is 5.11 Å². The van der Waals surface area contributed by atoms with E-state index in [9.17, 15) is 18.4 Å². The van der Waals surface area contributed by atoms with Crippen LogP contribution in [0.1, 0.15) is 37.7 Å². The summed E-state index contributed by atoms with van der Waals surface area (Å²) in [5.74, 6) is -1.73. The maximum atomic E-state index is 13.6. The summed E-state index contributed by atoms with van der Waals surface area (Å²) < 4.78 is 26.7. The van der Waals surface area contributed by atoms with Gasteiger partial charge in [0, 0.05) is 25.9 Å². The fourth-order valence-corrected chi connectivity index (χ4v) is 2.99. The summed E-state index contributed by atoms with van der Waals surface area (Å²) >= 11 is 0. The molecule has 0 saturated carbocycles. The standard InChI is InChI=1S/C17H21F2NO3/c18-14-5-6-15(19)13(10-14)4-7-16(21)20-9-1-2-12(11-20)3-8-17(22)23/h5-6,10,12H,1-4,7-9,11H2,(H,22,23). The van der Waals surface area contributed by atoms with Crippen molar-refractivity contribution in [2.24, 2.45) is 5.92 Å². The average molecular weight is 325 g/mol. The van der Waals surface area contributed by atoms with Crippen LogP contribution in [0.2, 0.25) is 0 Å². The van der Waals surface area contributed by atoms with Gasteiger partial charge in [-0.1, -0.05) is 0 Å². The van der Waals surface area contributed by atoms with Gasteiger partial charge in [-0.25, -0.2) is 8.78 Å². The van der Waals surface area contributed by atoms with Crippen LogP contribution < -0.4 is 0 Å². The smallest absolute Gasteiger partial charge is 0.303 e. The second-order valence-corrected chi connectivity index (χ2v) is 6.02. The van der Waals surface area contributed by atoms with Gasteiger partial charge in [0.25, 0.3) is 0 Å². The molecule has 1 heterocycles. The van der Waals surface area contributed by atoms with Crippen LogP contribution in [0.5, 0.6) is 0 Å². The largest absolute Gasteiger partial charge is 0.481 e. The monoisotopic (exact) mass is 325 g/mol. The minimum atomic E-state index is -0.824. The summed E-state index contributed by atoms with van der Waals surface area (Å²) in [6.07, 6.45) is 2.75. The molecule has 0 aromatic heterocycles. The number of carboxylic acids is 1. The number of aryl methyl sites for hydroxylation is 1. The van der Waals surface area contributed by atoms with Crippen LogP contribution in [0.25, 0.3) is 0 Å². The van der Waals surface area contributed by atoms with Crippen LogP contribution in [-0.4, -0.2) is 35.0 Å². The van der Waals surface area contributed by atoms with Gasteiger partial charge in [-0.2, -0.15) is 0 Å². The summed E-state index contributed by atoms with van der Waals surface area (Å²) in [5.41, 5.74) is 0.206. The summed E-state index contributed by atoms with van der Waals surface area (Å²) in [6, 6.07) is 3.24. The van der Waals surface area contributed by atoms with E-state index in [1.54, 1.807) is 4.90 Å². The van der Waals surface area contributed by atoms with Crippen LogP contribution in [0.4, 0.5) is 8.78 Å². The summed E-state index contributed by atoms with van der Waals surface area (Å²) in [6.45, 7) is 1.20. The molecule has 1 aromatic rings.